The topological polar surface area (TPSA) is 31.5 Å². The van der Waals surface area contributed by atoms with Crippen molar-refractivity contribution in [2.75, 3.05) is 0 Å². The van der Waals surface area contributed by atoms with Gasteiger partial charge < -0.3 is 5.48 Å². The second-order valence-corrected chi connectivity index (χ2v) is 3.21. The lowest BCUT2D eigenvalue weighted by molar-refractivity contribution is 0.824. The van der Waals surface area contributed by atoms with Crippen LogP contribution in [0.25, 0.3) is 5.57 Å². The SMILES string of the molecule is C=C(c1ccccc1)c1ccccc1.O. The molecule has 2 aromatic rings. The zero-order valence-electron chi connectivity index (χ0n) is 8.48. The maximum absolute atomic E-state index is 4.10. The Morgan fingerprint density at radius 3 is 1.33 bits per heavy atom. The molecule has 0 fully saturated rings. The minimum atomic E-state index is 0. The molecule has 0 saturated heterocycles. The molecule has 0 heterocycles. The molecule has 0 saturated carbocycles. The molecule has 0 aromatic heterocycles. The van der Waals surface area contributed by atoms with Crippen molar-refractivity contribution in [3.8, 4) is 0 Å². The largest absolute Gasteiger partial charge is 0.412 e. The molecule has 1 nitrogen and oxygen atoms in total. The van der Waals surface area contributed by atoms with Crippen LogP contribution in [0.2, 0.25) is 0 Å². The Labute approximate surface area is 90.0 Å². The molecule has 15 heavy (non-hydrogen) atoms. The summed E-state index contributed by atoms with van der Waals surface area (Å²) in [5.74, 6) is 0. The van der Waals surface area contributed by atoms with Gasteiger partial charge in [0.15, 0.2) is 0 Å². The van der Waals surface area contributed by atoms with Crippen molar-refractivity contribution in [1.29, 1.82) is 0 Å². The Balaban J connectivity index is 0.00000112. The molecule has 0 radical (unpaired) electrons. The highest BCUT2D eigenvalue weighted by atomic mass is 16.0. The first-order chi connectivity index (χ1) is 6.88. The smallest absolute Gasteiger partial charge is 0.0183 e. The van der Waals surface area contributed by atoms with Crippen LogP contribution in [-0.2, 0) is 0 Å². The Hall–Kier alpha value is -1.86. The summed E-state index contributed by atoms with van der Waals surface area (Å²) in [6.45, 7) is 4.10. The lowest BCUT2D eigenvalue weighted by Gasteiger charge is -2.04. The normalized spacial score (nSPS) is 9.07. The summed E-state index contributed by atoms with van der Waals surface area (Å²) < 4.78 is 0. The van der Waals surface area contributed by atoms with E-state index < -0.39 is 0 Å². The van der Waals surface area contributed by atoms with Gasteiger partial charge in [-0.2, -0.15) is 0 Å². The van der Waals surface area contributed by atoms with Crippen LogP contribution >= 0.6 is 0 Å². The Bertz CT molecular complexity index is 376. The molecule has 76 valence electrons. The van der Waals surface area contributed by atoms with Gasteiger partial charge in [0.25, 0.3) is 0 Å². The first-order valence-electron chi connectivity index (χ1n) is 4.67. The molecular formula is C14H14O. The number of hydrogen-bond donors (Lipinski definition) is 0. The minimum Gasteiger partial charge on any atom is -0.412 e. The van der Waals surface area contributed by atoms with Crippen molar-refractivity contribution in [3.05, 3.63) is 78.4 Å². The molecule has 2 aromatic carbocycles. The van der Waals surface area contributed by atoms with Crippen molar-refractivity contribution < 1.29 is 5.48 Å². The van der Waals surface area contributed by atoms with Gasteiger partial charge >= 0.3 is 0 Å². The van der Waals surface area contributed by atoms with E-state index in [4.69, 9.17) is 0 Å². The van der Waals surface area contributed by atoms with Crippen molar-refractivity contribution in [3.63, 3.8) is 0 Å². The van der Waals surface area contributed by atoms with Crippen molar-refractivity contribution in [2.24, 2.45) is 0 Å². The summed E-state index contributed by atoms with van der Waals surface area (Å²) in [6, 6.07) is 20.5. The molecule has 2 rings (SSSR count). The lowest BCUT2D eigenvalue weighted by Crippen LogP contribution is -1.84. The summed E-state index contributed by atoms with van der Waals surface area (Å²) >= 11 is 0. The van der Waals surface area contributed by atoms with Crippen LogP contribution in [0, 0.1) is 0 Å². The van der Waals surface area contributed by atoms with Crippen LogP contribution in [-0.4, -0.2) is 5.48 Å². The van der Waals surface area contributed by atoms with E-state index in [0.29, 0.717) is 0 Å². The third kappa shape index (κ3) is 2.55. The third-order valence-electron chi connectivity index (χ3n) is 2.24. The maximum atomic E-state index is 4.10. The number of hydrogen-bond acceptors (Lipinski definition) is 0. The zero-order valence-corrected chi connectivity index (χ0v) is 8.48. The van der Waals surface area contributed by atoms with Crippen molar-refractivity contribution in [1.82, 2.24) is 0 Å². The molecule has 1 heteroatoms. The van der Waals surface area contributed by atoms with Gasteiger partial charge in [-0.25, -0.2) is 0 Å². The fourth-order valence-electron chi connectivity index (χ4n) is 1.45. The molecule has 0 amide bonds. The van der Waals surface area contributed by atoms with Crippen LogP contribution < -0.4 is 0 Å². The first kappa shape index (κ1) is 11.2. The van der Waals surface area contributed by atoms with E-state index in [-0.39, 0.29) is 5.48 Å². The Morgan fingerprint density at radius 1 is 0.667 bits per heavy atom. The van der Waals surface area contributed by atoms with E-state index in [0.717, 1.165) is 5.57 Å². The van der Waals surface area contributed by atoms with Gasteiger partial charge in [0.2, 0.25) is 0 Å². The van der Waals surface area contributed by atoms with Gasteiger partial charge in [-0.15, -0.1) is 0 Å². The minimum absolute atomic E-state index is 0. The second kappa shape index (κ2) is 5.13. The lowest BCUT2D eigenvalue weighted by atomic mass is 10.0. The molecule has 0 aliphatic carbocycles. The van der Waals surface area contributed by atoms with Crippen LogP contribution in [0.3, 0.4) is 0 Å². The molecular weight excluding hydrogens is 184 g/mol. The maximum Gasteiger partial charge on any atom is -0.0183 e. The van der Waals surface area contributed by atoms with Gasteiger partial charge in [-0.05, 0) is 16.7 Å². The predicted molar refractivity (Wildman–Crippen MR) is 64.6 cm³/mol. The molecule has 0 spiro atoms. The number of rotatable bonds is 2. The monoisotopic (exact) mass is 198 g/mol. The van der Waals surface area contributed by atoms with Gasteiger partial charge in [0, 0.05) is 0 Å². The van der Waals surface area contributed by atoms with Gasteiger partial charge in [0.05, 0.1) is 0 Å². The van der Waals surface area contributed by atoms with E-state index >= 15 is 0 Å². The van der Waals surface area contributed by atoms with Crippen LogP contribution in [0.1, 0.15) is 11.1 Å². The summed E-state index contributed by atoms with van der Waals surface area (Å²) in [7, 11) is 0. The molecule has 0 bridgehead atoms. The quantitative estimate of drug-likeness (QED) is 0.710. The Kier molecular flexibility index (Phi) is 3.83. The highest BCUT2D eigenvalue weighted by molar-refractivity contribution is 5.77. The summed E-state index contributed by atoms with van der Waals surface area (Å²) in [5, 5.41) is 0. The van der Waals surface area contributed by atoms with Gasteiger partial charge in [-0.3, -0.25) is 0 Å². The highest BCUT2D eigenvalue weighted by Crippen LogP contribution is 2.20. The van der Waals surface area contributed by atoms with Crippen LogP contribution in [0.15, 0.2) is 67.2 Å². The van der Waals surface area contributed by atoms with E-state index in [1.807, 2.05) is 36.4 Å². The number of benzene rings is 2. The zero-order chi connectivity index (χ0) is 9.80. The first-order valence-corrected chi connectivity index (χ1v) is 4.67. The van der Waals surface area contributed by atoms with Crippen molar-refractivity contribution >= 4 is 5.57 Å². The standard InChI is InChI=1S/C14H12.H2O/c1-12(13-8-4-2-5-9-13)14-10-6-3-7-11-14;/h2-11H,1H2;1H2. The average molecular weight is 198 g/mol. The average Bonchev–Trinajstić information content (AvgIpc) is 2.30. The van der Waals surface area contributed by atoms with Crippen molar-refractivity contribution in [2.45, 2.75) is 0 Å². The summed E-state index contributed by atoms with van der Waals surface area (Å²) in [6.07, 6.45) is 0. The Morgan fingerprint density at radius 2 is 1.00 bits per heavy atom. The fraction of sp³-hybridized carbons (Fsp3) is 0. The molecule has 2 N–H and O–H groups in total. The molecule has 0 aliphatic rings. The van der Waals surface area contributed by atoms with Gasteiger partial charge in [-0.1, -0.05) is 67.2 Å². The fourth-order valence-corrected chi connectivity index (χ4v) is 1.45. The van der Waals surface area contributed by atoms with E-state index in [2.05, 4.69) is 30.8 Å². The molecule has 0 aliphatic heterocycles. The molecule has 0 atom stereocenters. The highest BCUT2D eigenvalue weighted by Gasteiger charge is 1.99. The van der Waals surface area contributed by atoms with E-state index in [1.165, 1.54) is 11.1 Å². The second-order valence-electron chi connectivity index (χ2n) is 3.21. The van der Waals surface area contributed by atoms with E-state index in [1.54, 1.807) is 0 Å². The van der Waals surface area contributed by atoms with Crippen LogP contribution in [0.4, 0.5) is 0 Å². The third-order valence-corrected chi connectivity index (χ3v) is 2.24. The predicted octanol–water partition coefficient (Wildman–Crippen LogP) is 2.92. The van der Waals surface area contributed by atoms with Crippen LogP contribution in [0.5, 0.6) is 0 Å². The summed E-state index contributed by atoms with van der Waals surface area (Å²) in [4.78, 5) is 0. The van der Waals surface area contributed by atoms with E-state index in [9.17, 15) is 0 Å². The summed E-state index contributed by atoms with van der Waals surface area (Å²) in [5.41, 5.74) is 3.43. The molecule has 0 unspecified atom stereocenters. The van der Waals surface area contributed by atoms with Gasteiger partial charge in [0.1, 0.15) is 0 Å².